The maximum atomic E-state index is 13.1. The highest BCUT2D eigenvalue weighted by atomic mass is 16.2. The Hall–Kier alpha value is -2.63. The molecular weight excluding hydrogens is 352 g/mol. The Kier molecular flexibility index (Phi) is 5.46. The number of nitrogens with zero attached hydrogens (tertiary/aromatic N) is 3. The van der Waals surface area contributed by atoms with Crippen molar-refractivity contribution in [3.8, 4) is 0 Å². The van der Waals surface area contributed by atoms with Gasteiger partial charge >= 0.3 is 0 Å². The Morgan fingerprint density at radius 1 is 1.25 bits per heavy atom. The van der Waals surface area contributed by atoms with Crippen LogP contribution in [0.25, 0.3) is 0 Å². The van der Waals surface area contributed by atoms with E-state index in [0.29, 0.717) is 12.2 Å². The van der Waals surface area contributed by atoms with Crippen molar-refractivity contribution in [1.82, 2.24) is 15.1 Å². The number of rotatable bonds is 5. The van der Waals surface area contributed by atoms with Crippen molar-refractivity contribution in [2.45, 2.75) is 57.9 Å². The number of nitrogens with one attached hydrogen (secondary N) is 1. The van der Waals surface area contributed by atoms with Gasteiger partial charge in [0.2, 0.25) is 5.91 Å². The predicted molar refractivity (Wildman–Crippen MR) is 108 cm³/mol. The summed E-state index contributed by atoms with van der Waals surface area (Å²) in [5.74, 6) is -0.138. The summed E-state index contributed by atoms with van der Waals surface area (Å²) in [6.45, 7) is 2.84. The first-order valence-corrected chi connectivity index (χ1v) is 10.4. The van der Waals surface area contributed by atoms with E-state index < -0.39 is 0 Å². The molecule has 1 N–H and O–H groups in total. The minimum Gasteiger partial charge on any atom is -0.323 e. The molecule has 1 saturated heterocycles. The second kappa shape index (κ2) is 8.17. The van der Waals surface area contributed by atoms with E-state index in [1.54, 1.807) is 17.2 Å². The van der Waals surface area contributed by atoms with Gasteiger partial charge in [0.05, 0.1) is 6.04 Å². The second-order valence-corrected chi connectivity index (χ2v) is 7.83. The number of amides is 2. The van der Waals surface area contributed by atoms with Crippen molar-refractivity contribution in [1.29, 1.82) is 0 Å². The van der Waals surface area contributed by atoms with Gasteiger partial charge in [-0.25, -0.2) is 0 Å². The van der Waals surface area contributed by atoms with Crippen LogP contribution < -0.4 is 4.90 Å². The summed E-state index contributed by atoms with van der Waals surface area (Å²) >= 11 is 0. The highest BCUT2D eigenvalue weighted by Gasteiger charge is 2.37. The molecule has 2 aliphatic rings. The number of aromatic amines is 1. The van der Waals surface area contributed by atoms with Crippen LogP contribution in [0.2, 0.25) is 0 Å². The maximum Gasteiger partial charge on any atom is 0.272 e. The number of aromatic nitrogens is 2. The Labute approximate surface area is 165 Å². The van der Waals surface area contributed by atoms with Crippen molar-refractivity contribution in [3.05, 3.63) is 47.3 Å². The first-order chi connectivity index (χ1) is 13.7. The predicted octanol–water partition coefficient (Wildman–Crippen LogP) is 3.34. The van der Waals surface area contributed by atoms with Crippen LogP contribution in [0.3, 0.4) is 0 Å². The molecule has 1 atom stereocenters. The van der Waals surface area contributed by atoms with Gasteiger partial charge in [0, 0.05) is 18.4 Å². The van der Waals surface area contributed by atoms with E-state index >= 15 is 0 Å². The Balaban J connectivity index is 1.62. The second-order valence-electron chi connectivity index (χ2n) is 7.83. The Bertz CT molecular complexity index is 846. The number of unbranched alkanes of at least 4 members (excludes halogenated alkanes) is 1. The molecule has 1 fully saturated rings. The van der Waals surface area contributed by atoms with Gasteiger partial charge in [0.25, 0.3) is 5.91 Å². The van der Waals surface area contributed by atoms with E-state index in [4.69, 9.17) is 0 Å². The molecule has 148 valence electrons. The van der Waals surface area contributed by atoms with Gasteiger partial charge in [-0.2, -0.15) is 5.10 Å². The summed E-state index contributed by atoms with van der Waals surface area (Å²) in [4.78, 5) is 29.7. The molecule has 28 heavy (non-hydrogen) atoms. The quantitative estimate of drug-likeness (QED) is 0.865. The number of hydrogen-bond donors (Lipinski definition) is 1. The maximum absolute atomic E-state index is 13.1. The largest absolute Gasteiger partial charge is 0.323 e. The van der Waals surface area contributed by atoms with Crippen LogP contribution >= 0.6 is 0 Å². The summed E-state index contributed by atoms with van der Waals surface area (Å²) in [6.07, 6.45) is 9.09. The van der Waals surface area contributed by atoms with Crippen LogP contribution in [0.15, 0.2) is 30.5 Å². The van der Waals surface area contributed by atoms with Crippen LogP contribution in [0, 0.1) is 0 Å². The van der Waals surface area contributed by atoms with Crippen LogP contribution in [-0.2, 0) is 17.6 Å². The molecule has 1 aromatic carbocycles. The lowest BCUT2D eigenvalue weighted by molar-refractivity contribution is -0.121. The summed E-state index contributed by atoms with van der Waals surface area (Å²) in [7, 11) is 0. The molecule has 2 aromatic rings. The number of fused-ring (bicyclic) bond motifs is 1. The third kappa shape index (κ3) is 3.55. The van der Waals surface area contributed by atoms with Gasteiger partial charge in [-0.05, 0) is 55.4 Å². The van der Waals surface area contributed by atoms with Gasteiger partial charge in [-0.1, -0.05) is 31.9 Å². The monoisotopic (exact) mass is 380 g/mol. The summed E-state index contributed by atoms with van der Waals surface area (Å²) < 4.78 is 0. The summed E-state index contributed by atoms with van der Waals surface area (Å²) in [6, 6.07) is 8.02. The SMILES string of the molecule is CCCC[C@H]1CN(c2cccc3c2CCCC3)C(=O)CN1C(=O)c1ccn[nH]1. The molecule has 6 heteroatoms. The molecule has 2 heterocycles. The fourth-order valence-corrected chi connectivity index (χ4v) is 4.47. The fourth-order valence-electron chi connectivity index (χ4n) is 4.47. The first-order valence-electron chi connectivity index (χ1n) is 10.4. The van der Waals surface area contributed by atoms with E-state index in [1.165, 1.54) is 24.0 Å². The molecule has 4 rings (SSSR count). The van der Waals surface area contributed by atoms with Gasteiger partial charge in [-0.15, -0.1) is 0 Å². The number of benzene rings is 1. The minimum absolute atomic E-state index is 0.000382. The number of carbonyl (C=O) groups excluding carboxylic acids is 2. The number of piperazine rings is 1. The van der Waals surface area contributed by atoms with Crippen LogP contribution in [-0.4, -0.2) is 46.0 Å². The molecule has 0 saturated carbocycles. The molecule has 0 bridgehead atoms. The smallest absolute Gasteiger partial charge is 0.272 e. The van der Waals surface area contributed by atoms with Crippen molar-refractivity contribution in [3.63, 3.8) is 0 Å². The topological polar surface area (TPSA) is 69.3 Å². The molecule has 2 amide bonds. The average Bonchev–Trinajstić information content (AvgIpc) is 3.27. The number of H-pyrrole nitrogens is 1. The Morgan fingerprint density at radius 2 is 2.11 bits per heavy atom. The molecule has 6 nitrogen and oxygen atoms in total. The lowest BCUT2D eigenvalue weighted by Crippen LogP contribution is -2.58. The van der Waals surface area contributed by atoms with Gasteiger partial charge < -0.3 is 9.80 Å². The van der Waals surface area contributed by atoms with Crippen LogP contribution in [0.5, 0.6) is 0 Å². The zero-order valence-electron chi connectivity index (χ0n) is 16.5. The third-order valence-electron chi connectivity index (χ3n) is 5.99. The van der Waals surface area contributed by atoms with Gasteiger partial charge in [0.1, 0.15) is 12.2 Å². The molecule has 1 aliphatic carbocycles. The highest BCUT2D eigenvalue weighted by molar-refractivity contribution is 6.01. The summed E-state index contributed by atoms with van der Waals surface area (Å²) in [5, 5.41) is 6.63. The minimum atomic E-state index is -0.137. The Morgan fingerprint density at radius 3 is 2.89 bits per heavy atom. The van der Waals surface area contributed by atoms with Crippen LogP contribution in [0.4, 0.5) is 5.69 Å². The van der Waals surface area contributed by atoms with Gasteiger partial charge in [0.15, 0.2) is 0 Å². The lowest BCUT2D eigenvalue weighted by atomic mass is 9.89. The highest BCUT2D eigenvalue weighted by Crippen LogP contribution is 2.32. The van der Waals surface area contributed by atoms with E-state index in [1.807, 2.05) is 4.90 Å². The van der Waals surface area contributed by atoms with E-state index in [9.17, 15) is 9.59 Å². The van der Waals surface area contributed by atoms with E-state index in [2.05, 4.69) is 35.3 Å². The molecular formula is C22H28N4O2. The molecule has 0 spiro atoms. The molecule has 0 radical (unpaired) electrons. The zero-order valence-corrected chi connectivity index (χ0v) is 16.5. The number of hydrogen-bond acceptors (Lipinski definition) is 3. The van der Waals surface area contributed by atoms with Crippen molar-refractivity contribution >= 4 is 17.5 Å². The zero-order chi connectivity index (χ0) is 19.5. The standard InChI is InChI=1S/C22H28N4O2/c1-2-3-9-17-14-26(20-11-6-8-16-7-4-5-10-18(16)20)21(27)15-25(17)22(28)19-12-13-23-24-19/h6,8,11-13,17H,2-5,7,9-10,14-15H2,1H3,(H,23,24)/t17-/m0/s1. The average molecular weight is 380 g/mol. The van der Waals surface area contributed by atoms with E-state index in [0.717, 1.165) is 37.8 Å². The van der Waals surface area contributed by atoms with E-state index in [-0.39, 0.29) is 24.4 Å². The van der Waals surface area contributed by atoms with Crippen molar-refractivity contribution in [2.75, 3.05) is 18.0 Å². The number of anilines is 1. The summed E-state index contributed by atoms with van der Waals surface area (Å²) in [5.41, 5.74) is 4.19. The number of carbonyl (C=O) groups is 2. The molecule has 1 aliphatic heterocycles. The normalized spacial score (nSPS) is 19.6. The van der Waals surface area contributed by atoms with Gasteiger partial charge in [-0.3, -0.25) is 14.7 Å². The fraction of sp³-hybridized carbons (Fsp3) is 0.500. The molecule has 0 unspecified atom stereocenters. The molecule has 1 aromatic heterocycles. The number of aryl methyl sites for hydroxylation is 1. The van der Waals surface area contributed by atoms with Crippen LogP contribution in [0.1, 0.15) is 60.6 Å². The lowest BCUT2D eigenvalue weighted by Gasteiger charge is -2.42. The third-order valence-corrected chi connectivity index (χ3v) is 5.99. The van der Waals surface area contributed by atoms with Crippen molar-refractivity contribution < 1.29 is 9.59 Å². The first kappa shape index (κ1) is 18.7. The van der Waals surface area contributed by atoms with Crippen molar-refractivity contribution in [2.24, 2.45) is 0 Å².